The van der Waals surface area contributed by atoms with E-state index in [2.05, 4.69) is 33.8 Å². The van der Waals surface area contributed by atoms with E-state index in [1.54, 1.807) is 24.3 Å². The summed E-state index contributed by atoms with van der Waals surface area (Å²) >= 11 is 12.2. The molecule has 1 aromatic heterocycles. The Labute approximate surface area is 204 Å². The fourth-order valence-corrected chi connectivity index (χ4v) is 4.42. The Morgan fingerprint density at radius 1 is 0.912 bits per heavy atom. The van der Waals surface area contributed by atoms with Crippen molar-refractivity contribution < 1.29 is 4.79 Å². The Bertz CT molecular complexity index is 1590. The second-order valence-corrected chi connectivity index (χ2v) is 8.69. The lowest BCUT2D eigenvalue weighted by atomic mass is 10.0. The number of hydrogen-bond acceptors (Lipinski definition) is 4. The van der Waals surface area contributed by atoms with Gasteiger partial charge in [0.25, 0.3) is 5.56 Å². The highest BCUT2D eigenvalue weighted by atomic mass is 35.5. The van der Waals surface area contributed by atoms with Crippen LogP contribution in [0.4, 0.5) is 0 Å². The molecule has 8 heteroatoms. The number of rotatable bonds is 5. The smallest absolute Gasteiger partial charge is 0.282 e. The van der Waals surface area contributed by atoms with E-state index in [1.807, 2.05) is 24.3 Å². The van der Waals surface area contributed by atoms with Crippen LogP contribution in [0.25, 0.3) is 27.4 Å². The lowest BCUT2D eigenvalue weighted by molar-refractivity contribution is -0.120. The van der Waals surface area contributed by atoms with Gasteiger partial charge in [0, 0.05) is 11.6 Å². The van der Waals surface area contributed by atoms with Gasteiger partial charge in [-0.15, -0.1) is 5.10 Å². The standard InChI is InChI=1S/C26H18Cl2N4O2/c27-19-13-22-25(23(28)14-19)30-31-32(26(22)34)20-10-8-16(9-11-20)12-24(33)29-15-18-6-3-5-17-4-1-2-7-21(17)18/h1-11,13-14H,12,15H2,(H,29,33). The first-order valence-electron chi connectivity index (χ1n) is 10.6. The van der Waals surface area contributed by atoms with Crippen molar-refractivity contribution in [1.82, 2.24) is 20.3 Å². The highest BCUT2D eigenvalue weighted by molar-refractivity contribution is 6.38. The molecule has 0 fully saturated rings. The number of benzene rings is 4. The van der Waals surface area contributed by atoms with Crippen LogP contribution in [0.1, 0.15) is 11.1 Å². The van der Waals surface area contributed by atoms with Crippen molar-refractivity contribution in [1.29, 1.82) is 0 Å². The van der Waals surface area contributed by atoms with Crippen molar-refractivity contribution in [3.8, 4) is 5.69 Å². The van der Waals surface area contributed by atoms with Crippen LogP contribution >= 0.6 is 23.2 Å². The van der Waals surface area contributed by atoms with Gasteiger partial charge in [-0.25, -0.2) is 0 Å². The average Bonchev–Trinajstić information content (AvgIpc) is 2.84. The first-order chi connectivity index (χ1) is 16.5. The van der Waals surface area contributed by atoms with Gasteiger partial charge in [-0.05, 0) is 46.2 Å². The normalized spacial score (nSPS) is 11.1. The van der Waals surface area contributed by atoms with Crippen LogP contribution in [0.15, 0.2) is 83.7 Å². The predicted molar refractivity (Wildman–Crippen MR) is 135 cm³/mol. The van der Waals surface area contributed by atoms with Gasteiger partial charge in [0.05, 0.1) is 22.5 Å². The zero-order valence-electron chi connectivity index (χ0n) is 17.8. The summed E-state index contributed by atoms with van der Waals surface area (Å²) in [6, 6.07) is 24.2. The molecule has 0 unspecified atom stereocenters. The molecule has 0 spiro atoms. The molecule has 34 heavy (non-hydrogen) atoms. The van der Waals surface area contributed by atoms with Crippen LogP contribution in [0.5, 0.6) is 0 Å². The molecule has 0 aliphatic rings. The third-order valence-electron chi connectivity index (χ3n) is 5.59. The molecule has 5 aromatic rings. The van der Waals surface area contributed by atoms with E-state index in [0.29, 0.717) is 22.8 Å². The number of nitrogens with one attached hydrogen (secondary N) is 1. The number of hydrogen-bond donors (Lipinski definition) is 1. The summed E-state index contributed by atoms with van der Waals surface area (Å²) in [5.41, 5.74) is 2.32. The number of aromatic nitrogens is 3. The van der Waals surface area contributed by atoms with Gasteiger partial charge >= 0.3 is 0 Å². The van der Waals surface area contributed by atoms with Crippen molar-refractivity contribution in [2.75, 3.05) is 0 Å². The first kappa shape index (κ1) is 22.1. The fraction of sp³-hybridized carbons (Fsp3) is 0.0769. The van der Waals surface area contributed by atoms with Gasteiger partial charge in [0.2, 0.25) is 5.91 Å². The van der Waals surface area contributed by atoms with Crippen molar-refractivity contribution in [2.45, 2.75) is 13.0 Å². The van der Waals surface area contributed by atoms with E-state index in [0.717, 1.165) is 21.9 Å². The topological polar surface area (TPSA) is 76.9 Å². The molecule has 0 radical (unpaired) electrons. The van der Waals surface area contributed by atoms with E-state index in [-0.39, 0.29) is 28.3 Å². The first-order valence-corrected chi connectivity index (χ1v) is 11.3. The SMILES string of the molecule is O=C(Cc1ccc(-n2nnc3c(Cl)cc(Cl)cc3c2=O)cc1)NCc1cccc2ccccc12. The zero-order valence-corrected chi connectivity index (χ0v) is 19.3. The highest BCUT2D eigenvalue weighted by Crippen LogP contribution is 2.24. The minimum Gasteiger partial charge on any atom is -0.352 e. The van der Waals surface area contributed by atoms with Crippen molar-refractivity contribution in [2.24, 2.45) is 0 Å². The van der Waals surface area contributed by atoms with E-state index in [9.17, 15) is 9.59 Å². The number of fused-ring (bicyclic) bond motifs is 2. The van der Waals surface area contributed by atoms with Crippen LogP contribution in [-0.4, -0.2) is 20.9 Å². The van der Waals surface area contributed by atoms with E-state index < -0.39 is 0 Å². The van der Waals surface area contributed by atoms with Gasteiger partial charge in [0.1, 0.15) is 5.52 Å². The summed E-state index contributed by atoms with van der Waals surface area (Å²) in [6.45, 7) is 0.450. The molecule has 0 saturated carbocycles. The molecule has 1 amide bonds. The predicted octanol–water partition coefficient (Wildman–Crippen LogP) is 5.10. The van der Waals surface area contributed by atoms with Crippen LogP contribution < -0.4 is 10.9 Å². The molecular weight excluding hydrogens is 471 g/mol. The molecule has 4 aromatic carbocycles. The Morgan fingerprint density at radius 2 is 1.68 bits per heavy atom. The second kappa shape index (κ2) is 9.25. The summed E-state index contributed by atoms with van der Waals surface area (Å²) in [5.74, 6) is -0.0902. The molecule has 0 saturated heterocycles. The minimum atomic E-state index is -0.380. The van der Waals surface area contributed by atoms with Crippen molar-refractivity contribution in [3.05, 3.63) is 110 Å². The van der Waals surface area contributed by atoms with Gasteiger partial charge in [-0.3, -0.25) is 9.59 Å². The van der Waals surface area contributed by atoms with Gasteiger partial charge in [-0.1, -0.05) is 83.0 Å². The lowest BCUT2D eigenvalue weighted by Gasteiger charge is -2.09. The molecule has 1 heterocycles. The number of nitrogens with zero attached hydrogens (tertiary/aromatic N) is 3. The van der Waals surface area contributed by atoms with E-state index in [4.69, 9.17) is 23.2 Å². The number of amides is 1. The summed E-state index contributed by atoms with van der Waals surface area (Å²) in [7, 11) is 0. The van der Waals surface area contributed by atoms with Crippen LogP contribution in [0.3, 0.4) is 0 Å². The molecule has 0 aliphatic carbocycles. The maximum atomic E-state index is 12.9. The Morgan fingerprint density at radius 3 is 2.50 bits per heavy atom. The van der Waals surface area contributed by atoms with Gasteiger partial charge in [-0.2, -0.15) is 4.68 Å². The van der Waals surface area contributed by atoms with Gasteiger partial charge in [0.15, 0.2) is 0 Å². The second-order valence-electron chi connectivity index (χ2n) is 7.85. The molecule has 0 atom stereocenters. The maximum Gasteiger partial charge on any atom is 0.282 e. The van der Waals surface area contributed by atoms with Crippen LogP contribution in [-0.2, 0) is 17.8 Å². The highest BCUT2D eigenvalue weighted by Gasteiger charge is 2.12. The maximum absolute atomic E-state index is 12.9. The molecule has 0 aliphatic heterocycles. The summed E-state index contributed by atoms with van der Waals surface area (Å²) in [4.78, 5) is 25.4. The largest absolute Gasteiger partial charge is 0.352 e. The molecular formula is C26H18Cl2N4O2. The Balaban J connectivity index is 1.30. The Hall–Kier alpha value is -3.74. The van der Waals surface area contributed by atoms with Crippen LogP contribution in [0.2, 0.25) is 10.0 Å². The van der Waals surface area contributed by atoms with Gasteiger partial charge < -0.3 is 5.32 Å². The molecule has 0 bridgehead atoms. The quantitative estimate of drug-likeness (QED) is 0.373. The zero-order chi connectivity index (χ0) is 23.7. The summed E-state index contributed by atoms with van der Waals surface area (Å²) in [5, 5.41) is 14.2. The lowest BCUT2D eigenvalue weighted by Crippen LogP contribution is -2.25. The fourth-order valence-electron chi connectivity index (χ4n) is 3.89. The molecule has 6 nitrogen and oxygen atoms in total. The van der Waals surface area contributed by atoms with Crippen LogP contribution in [0, 0.1) is 0 Å². The Kier molecular flexibility index (Phi) is 6.01. The van der Waals surface area contributed by atoms with Crippen molar-refractivity contribution >= 4 is 50.8 Å². The monoisotopic (exact) mass is 488 g/mol. The average molecular weight is 489 g/mol. The molecule has 168 valence electrons. The third kappa shape index (κ3) is 4.38. The summed E-state index contributed by atoms with van der Waals surface area (Å²) < 4.78 is 1.18. The molecule has 1 N–H and O–H groups in total. The third-order valence-corrected chi connectivity index (χ3v) is 6.09. The van der Waals surface area contributed by atoms with Crippen molar-refractivity contribution in [3.63, 3.8) is 0 Å². The summed E-state index contributed by atoms with van der Waals surface area (Å²) in [6.07, 6.45) is 0.217. The minimum absolute atomic E-state index is 0.0902. The molecule has 5 rings (SSSR count). The number of halogens is 2. The number of carbonyl (C=O) groups excluding carboxylic acids is 1. The number of carbonyl (C=O) groups is 1. The van der Waals surface area contributed by atoms with E-state index in [1.165, 1.54) is 16.8 Å². The van der Waals surface area contributed by atoms with E-state index >= 15 is 0 Å².